The predicted molar refractivity (Wildman–Crippen MR) is 104 cm³/mol. The average molecular weight is 354 g/mol. The number of nitrogens with zero attached hydrogens (tertiary/aromatic N) is 3. The summed E-state index contributed by atoms with van der Waals surface area (Å²) in [6.45, 7) is 7.33. The molecule has 0 bridgehead atoms. The Balaban J connectivity index is 0.00000182. The molecule has 4 aromatic rings. The van der Waals surface area contributed by atoms with Gasteiger partial charge in [-0.3, -0.25) is 4.98 Å². The van der Waals surface area contributed by atoms with Crippen LogP contribution in [0.5, 0.6) is 11.6 Å². The Hall–Kier alpha value is -2.59. The van der Waals surface area contributed by atoms with Crippen LogP contribution in [-0.4, -0.2) is 14.5 Å². The number of benzene rings is 1. The van der Waals surface area contributed by atoms with E-state index in [0.717, 1.165) is 28.6 Å². The topological polar surface area (TPSA) is 39.9 Å². The van der Waals surface area contributed by atoms with Crippen molar-refractivity contribution in [2.75, 3.05) is 0 Å². The maximum Gasteiger partial charge on any atom is 0.244 e. The Morgan fingerprint density at radius 2 is 1.84 bits per heavy atom. The van der Waals surface area contributed by atoms with Crippen LogP contribution in [0, 0.1) is 13.8 Å². The van der Waals surface area contributed by atoms with Crippen molar-refractivity contribution >= 4 is 34.1 Å². The van der Waals surface area contributed by atoms with Crippen LogP contribution < -0.4 is 4.74 Å². The first kappa shape index (κ1) is 17.2. The molecule has 1 aromatic carbocycles. The van der Waals surface area contributed by atoms with Gasteiger partial charge in [0.15, 0.2) is 0 Å². The van der Waals surface area contributed by atoms with Crippen LogP contribution >= 0.6 is 12.4 Å². The van der Waals surface area contributed by atoms with E-state index < -0.39 is 0 Å². The van der Waals surface area contributed by atoms with Crippen molar-refractivity contribution in [1.82, 2.24) is 14.5 Å². The van der Waals surface area contributed by atoms with E-state index in [0.29, 0.717) is 5.88 Å². The SMILES string of the molecule is CCn1c(C)c(C)c2ccnc(Oc3cccc4cnccc34)c21.Cl. The summed E-state index contributed by atoms with van der Waals surface area (Å²) >= 11 is 0. The highest BCUT2D eigenvalue weighted by molar-refractivity contribution is 5.91. The summed E-state index contributed by atoms with van der Waals surface area (Å²) in [7, 11) is 0. The Morgan fingerprint density at radius 1 is 1.04 bits per heavy atom. The lowest BCUT2D eigenvalue weighted by Crippen LogP contribution is -1.99. The summed E-state index contributed by atoms with van der Waals surface area (Å²) in [5.41, 5.74) is 3.59. The van der Waals surface area contributed by atoms with Gasteiger partial charge in [-0.25, -0.2) is 4.98 Å². The van der Waals surface area contributed by atoms with E-state index in [1.54, 1.807) is 6.20 Å². The fourth-order valence-electron chi connectivity index (χ4n) is 3.32. The molecule has 0 N–H and O–H groups in total. The number of halogens is 1. The molecule has 0 unspecified atom stereocenters. The molecule has 128 valence electrons. The van der Waals surface area contributed by atoms with Gasteiger partial charge in [0, 0.05) is 47.0 Å². The predicted octanol–water partition coefficient (Wildman–Crippen LogP) is 5.44. The molecule has 0 spiro atoms. The van der Waals surface area contributed by atoms with Crippen LogP contribution in [0.25, 0.3) is 21.7 Å². The van der Waals surface area contributed by atoms with Crippen LogP contribution in [-0.2, 0) is 6.54 Å². The maximum atomic E-state index is 6.26. The van der Waals surface area contributed by atoms with E-state index in [2.05, 4.69) is 41.4 Å². The van der Waals surface area contributed by atoms with Gasteiger partial charge in [0.05, 0.1) is 0 Å². The Labute approximate surface area is 152 Å². The zero-order chi connectivity index (χ0) is 16.7. The molecule has 4 rings (SSSR count). The second-order valence-electron chi connectivity index (χ2n) is 5.92. The number of aromatic nitrogens is 3. The Kier molecular flexibility index (Phi) is 4.64. The highest BCUT2D eigenvalue weighted by Crippen LogP contribution is 2.35. The van der Waals surface area contributed by atoms with Crippen molar-refractivity contribution in [1.29, 1.82) is 0 Å². The van der Waals surface area contributed by atoms with E-state index in [1.807, 2.05) is 36.7 Å². The van der Waals surface area contributed by atoms with Gasteiger partial charge in [0.2, 0.25) is 5.88 Å². The highest BCUT2D eigenvalue weighted by atomic mass is 35.5. The maximum absolute atomic E-state index is 6.26. The number of rotatable bonds is 3. The summed E-state index contributed by atoms with van der Waals surface area (Å²) in [6.07, 6.45) is 5.45. The van der Waals surface area contributed by atoms with Crippen molar-refractivity contribution < 1.29 is 4.74 Å². The van der Waals surface area contributed by atoms with E-state index in [9.17, 15) is 0 Å². The Morgan fingerprint density at radius 3 is 2.64 bits per heavy atom. The third kappa shape index (κ3) is 2.72. The number of hydrogen-bond donors (Lipinski definition) is 0. The third-order valence-corrected chi connectivity index (χ3v) is 4.68. The van der Waals surface area contributed by atoms with Gasteiger partial charge in [-0.1, -0.05) is 12.1 Å². The van der Waals surface area contributed by atoms with Crippen molar-refractivity contribution in [3.05, 3.63) is 60.2 Å². The minimum atomic E-state index is 0. The number of fused-ring (bicyclic) bond motifs is 2. The molecular formula is C20H20ClN3O. The average Bonchev–Trinajstić information content (AvgIpc) is 2.87. The number of ether oxygens (including phenoxy) is 1. The molecule has 3 heterocycles. The molecule has 0 saturated carbocycles. The summed E-state index contributed by atoms with van der Waals surface area (Å²) in [6, 6.07) is 10.0. The fraction of sp³-hybridized carbons (Fsp3) is 0.200. The van der Waals surface area contributed by atoms with Crippen molar-refractivity contribution in [3.63, 3.8) is 0 Å². The molecule has 4 nitrogen and oxygen atoms in total. The van der Waals surface area contributed by atoms with Gasteiger partial charge in [-0.05, 0) is 44.5 Å². The molecule has 0 fully saturated rings. The van der Waals surface area contributed by atoms with Crippen molar-refractivity contribution in [3.8, 4) is 11.6 Å². The molecule has 5 heteroatoms. The van der Waals surface area contributed by atoms with Crippen LogP contribution in [0.3, 0.4) is 0 Å². The fourth-order valence-corrected chi connectivity index (χ4v) is 3.32. The van der Waals surface area contributed by atoms with E-state index in [-0.39, 0.29) is 12.4 Å². The minimum Gasteiger partial charge on any atom is -0.436 e. The first-order valence-electron chi connectivity index (χ1n) is 8.15. The van der Waals surface area contributed by atoms with E-state index in [1.165, 1.54) is 16.6 Å². The second-order valence-corrected chi connectivity index (χ2v) is 5.92. The normalized spacial score (nSPS) is 10.8. The van der Waals surface area contributed by atoms with Crippen LogP contribution in [0.1, 0.15) is 18.2 Å². The van der Waals surface area contributed by atoms with Crippen LogP contribution in [0.4, 0.5) is 0 Å². The standard InChI is InChI=1S/C20H19N3O.ClH/c1-4-23-14(3)13(2)16-9-11-22-20(19(16)23)24-18-7-5-6-15-12-21-10-8-17(15)18;/h5-12H,4H2,1-3H3;1H. The van der Waals surface area contributed by atoms with Gasteiger partial charge >= 0.3 is 0 Å². The number of aryl methyl sites for hydroxylation is 2. The Bertz CT molecular complexity index is 1050. The molecule has 0 aliphatic carbocycles. The first-order chi connectivity index (χ1) is 11.7. The monoisotopic (exact) mass is 353 g/mol. The minimum absolute atomic E-state index is 0. The largest absolute Gasteiger partial charge is 0.436 e. The van der Waals surface area contributed by atoms with Gasteiger partial charge in [-0.2, -0.15) is 0 Å². The van der Waals surface area contributed by atoms with E-state index in [4.69, 9.17) is 4.74 Å². The second kappa shape index (κ2) is 6.73. The van der Waals surface area contributed by atoms with E-state index >= 15 is 0 Å². The third-order valence-electron chi connectivity index (χ3n) is 4.68. The summed E-state index contributed by atoms with van der Waals surface area (Å²) in [5.74, 6) is 1.45. The van der Waals surface area contributed by atoms with Crippen molar-refractivity contribution in [2.45, 2.75) is 27.3 Å². The lowest BCUT2D eigenvalue weighted by atomic mass is 10.1. The number of pyridine rings is 2. The molecule has 0 radical (unpaired) electrons. The molecule has 25 heavy (non-hydrogen) atoms. The molecule has 0 aliphatic rings. The lowest BCUT2D eigenvalue weighted by Gasteiger charge is -2.11. The molecule has 3 aromatic heterocycles. The molecule has 0 aliphatic heterocycles. The van der Waals surface area contributed by atoms with Gasteiger partial charge in [0.1, 0.15) is 11.3 Å². The van der Waals surface area contributed by atoms with Gasteiger partial charge in [0.25, 0.3) is 0 Å². The van der Waals surface area contributed by atoms with Gasteiger partial charge < -0.3 is 9.30 Å². The summed E-state index contributed by atoms with van der Waals surface area (Å²) in [5, 5.41) is 3.29. The smallest absolute Gasteiger partial charge is 0.244 e. The first-order valence-corrected chi connectivity index (χ1v) is 8.15. The zero-order valence-electron chi connectivity index (χ0n) is 14.5. The van der Waals surface area contributed by atoms with Crippen molar-refractivity contribution in [2.24, 2.45) is 0 Å². The number of hydrogen-bond acceptors (Lipinski definition) is 3. The van der Waals surface area contributed by atoms with Gasteiger partial charge in [-0.15, -0.1) is 12.4 Å². The molecule has 0 atom stereocenters. The lowest BCUT2D eigenvalue weighted by molar-refractivity contribution is 0.471. The van der Waals surface area contributed by atoms with Crippen LogP contribution in [0.15, 0.2) is 48.9 Å². The quantitative estimate of drug-likeness (QED) is 0.492. The zero-order valence-corrected chi connectivity index (χ0v) is 15.3. The molecule has 0 saturated heterocycles. The molecule has 0 amide bonds. The highest BCUT2D eigenvalue weighted by Gasteiger charge is 2.16. The summed E-state index contributed by atoms with van der Waals surface area (Å²) < 4.78 is 8.52. The summed E-state index contributed by atoms with van der Waals surface area (Å²) in [4.78, 5) is 8.69. The molecular weight excluding hydrogens is 334 g/mol. The van der Waals surface area contributed by atoms with Crippen LogP contribution in [0.2, 0.25) is 0 Å².